The van der Waals surface area contributed by atoms with Gasteiger partial charge >= 0.3 is 5.97 Å². The van der Waals surface area contributed by atoms with Gasteiger partial charge in [-0.1, -0.05) is 11.6 Å². The molecular formula is C11H12ClN3O4. The van der Waals surface area contributed by atoms with Crippen molar-refractivity contribution in [3.63, 3.8) is 0 Å². The Hall–Kier alpha value is -2.28. The van der Waals surface area contributed by atoms with Crippen molar-refractivity contribution in [1.82, 2.24) is 5.32 Å². The summed E-state index contributed by atoms with van der Waals surface area (Å²) in [4.78, 5) is 32.4. The van der Waals surface area contributed by atoms with Crippen molar-refractivity contribution in [3.05, 3.63) is 28.8 Å². The molecule has 0 radical (unpaired) electrons. The smallest absolute Gasteiger partial charge is 0.322 e. The van der Waals surface area contributed by atoms with Gasteiger partial charge in [0.1, 0.15) is 6.54 Å². The van der Waals surface area contributed by atoms with Gasteiger partial charge in [0.2, 0.25) is 11.8 Å². The fraction of sp³-hybridized carbons (Fsp3) is 0.182. The Kier molecular flexibility index (Phi) is 5.13. The number of rotatable bonds is 6. The molecule has 0 aliphatic carbocycles. The van der Waals surface area contributed by atoms with Crippen LogP contribution < -0.4 is 16.4 Å². The van der Waals surface area contributed by atoms with Gasteiger partial charge in [0.25, 0.3) is 0 Å². The highest BCUT2D eigenvalue weighted by atomic mass is 35.5. The lowest BCUT2D eigenvalue weighted by molar-refractivity contribution is -0.137. The monoisotopic (exact) mass is 285 g/mol. The van der Waals surface area contributed by atoms with E-state index in [1.54, 1.807) is 0 Å². The van der Waals surface area contributed by atoms with Gasteiger partial charge in [0, 0.05) is 5.69 Å². The van der Waals surface area contributed by atoms with E-state index in [-0.39, 0.29) is 17.1 Å². The van der Waals surface area contributed by atoms with Crippen LogP contribution in [0.1, 0.15) is 10.4 Å². The summed E-state index contributed by atoms with van der Waals surface area (Å²) in [5.74, 6) is -2.24. The Labute approximate surface area is 113 Å². The van der Waals surface area contributed by atoms with Crippen LogP contribution in [-0.2, 0) is 9.59 Å². The summed E-state index contributed by atoms with van der Waals surface area (Å²) in [6.07, 6.45) is 0. The lowest BCUT2D eigenvalue weighted by Crippen LogP contribution is -2.33. The number of hydrogen-bond acceptors (Lipinski definition) is 4. The molecule has 0 unspecified atom stereocenters. The molecule has 1 rings (SSSR count). The van der Waals surface area contributed by atoms with Crippen LogP contribution in [0.25, 0.3) is 0 Å². The number of amides is 2. The Bertz CT molecular complexity index is 519. The van der Waals surface area contributed by atoms with Gasteiger partial charge in [-0.3, -0.25) is 14.4 Å². The Morgan fingerprint density at radius 3 is 2.47 bits per heavy atom. The van der Waals surface area contributed by atoms with Gasteiger partial charge in [-0.05, 0) is 18.2 Å². The molecule has 1 aromatic carbocycles. The number of hydrogen-bond donors (Lipinski definition) is 4. The van der Waals surface area contributed by atoms with Crippen molar-refractivity contribution in [2.75, 3.05) is 18.4 Å². The molecule has 0 spiro atoms. The predicted molar refractivity (Wildman–Crippen MR) is 69.1 cm³/mol. The second-order valence-electron chi connectivity index (χ2n) is 3.58. The van der Waals surface area contributed by atoms with Gasteiger partial charge < -0.3 is 21.5 Å². The molecule has 0 bridgehead atoms. The lowest BCUT2D eigenvalue weighted by atomic mass is 10.2. The third-order valence-electron chi connectivity index (χ3n) is 2.12. The van der Waals surface area contributed by atoms with Crippen molar-refractivity contribution < 1.29 is 19.5 Å². The van der Waals surface area contributed by atoms with Crippen LogP contribution in [0.15, 0.2) is 18.2 Å². The van der Waals surface area contributed by atoms with Crippen molar-refractivity contribution in [2.24, 2.45) is 5.73 Å². The number of carboxylic acid groups (broad SMARTS) is 1. The first-order valence-electron chi connectivity index (χ1n) is 5.22. The van der Waals surface area contributed by atoms with Gasteiger partial charge in [-0.2, -0.15) is 0 Å². The summed E-state index contributed by atoms with van der Waals surface area (Å²) >= 11 is 5.82. The first-order chi connectivity index (χ1) is 8.90. The fourth-order valence-corrected chi connectivity index (χ4v) is 1.52. The molecule has 0 aliphatic heterocycles. The number of nitrogens with one attached hydrogen (secondary N) is 2. The molecule has 5 N–H and O–H groups in total. The number of primary amides is 1. The van der Waals surface area contributed by atoms with Crippen LogP contribution >= 0.6 is 11.6 Å². The summed E-state index contributed by atoms with van der Waals surface area (Å²) in [6.45, 7) is -0.554. The summed E-state index contributed by atoms with van der Waals surface area (Å²) in [6, 6.07) is 4.42. The molecule has 0 saturated heterocycles. The number of aliphatic carboxylic acids is 1. The Morgan fingerprint density at radius 2 is 1.95 bits per heavy atom. The first kappa shape index (κ1) is 14.8. The van der Waals surface area contributed by atoms with E-state index in [9.17, 15) is 14.4 Å². The quantitative estimate of drug-likeness (QED) is 0.588. The summed E-state index contributed by atoms with van der Waals surface area (Å²) in [5.41, 5.74) is 5.79. The highest BCUT2D eigenvalue weighted by molar-refractivity contribution is 6.34. The maximum Gasteiger partial charge on any atom is 0.322 e. The van der Waals surface area contributed by atoms with Crippen LogP contribution in [-0.4, -0.2) is 36.0 Å². The molecule has 0 heterocycles. The maximum atomic E-state index is 11.2. The second kappa shape index (κ2) is 6.60. The standard InChI is InChI=1S/C11H12ClN3O4/c12-8-3-6(1-2-7(8)11(13)19)14-4-9(16)15-5-10(17)18/h1-3,14H,4-5H2,(H2,13,19)(H,15,16)(H,17,18). The zero-order valence-electron chi connectivity index (χ0n) is 9.77. The highest BCUT2D eigenvalue weighted by Crippen LogP contribution is 2.20. The van der Waals surface area contributed by atoms with Gasteiger partial charge in [-0.25, -0.2) is 0 Å². The van der Waals surface area contributed by atoms with Gasteiger partial charge in [0.05, 0.1) is 17.1 Å². The molecular weight excluding hydrogens is 274 g/mol. The van der Waals surface area contributed by atoms with Gasteiger partial charge in [0.15, 0.2) is 0 Å². The second-order valence-corrected chi connectivity index (χ2v) is 3.99. The van der Waals surface area contributed by atoms with E-state index >= 15 is 0 Å². The third-order valence-corrected chi connectivity index (χ3v) is 2.44. The molecule has 102 valence electrons. The molecule has 8 heteroatoms. The molecule has 0 aromatic heterocycles. The lowest BCUT2D eigenvalue weighted by Gasteiger charge is -2.08. The Balaban J connectivity index is 2.54. The molecule has 1 aromatic rings. The minimum Gasteiger partial charge on any atom is -0.480 e. The van der Waals surface area contributed by atoms with Crippen molar-refractivity contribution in [3.8, 4) is 0 Å². The molecule has 19 heavy (non-hydrogen) atoms. The third kappa shape index (κ3) is 4.84. The van der Waals surface area contributed by atoms with E-state index in [1.165, 1.54) is 18.2 Å². The van der Waals surface area contributed by atoms with Gasteiger partial charge in [-0.15, -0.1) is 0 Å². The number of halogens is 1. The predicted octanol–water partition coefficient (Wildman–Crippen LogP) is 0.0516. The zero-order valence-corrected chi connectivity index (χ0v) is 10.5. The average Bonchev–Trinajstić information content (AvgIpc) is 2.33. The van der Waals surface area contributed by atoms with Crippen LogP contribution in [0.4, 0.5) is 5.69 Å². The van der Waals surface area contributed by atoms with E-state index in [2.05, 4.69) is 10.6 Å². The molecule has 0 atom stereocenters. The number of carboxylic acids is 1. The average molecular weight is 286 g/mol. The molecule has 0 aliphatic rings. The first-order valence-corrected chi connectivity index (χ1v) is 5.59. The minimum absolute atomic E-state index is 0.112. The number of carbonyl (C=O) groups is 3. The van der Waals surface area contributed by atoms with E-state index in [0.717, 1.165) is 0 Å². The largest absolute Gasteiger partial charge is 0.480 e. The van der Waals surface area contributed by atoms with Crippen molar-refractivity contribution >= 4 is 35.1 Å². The molecule has 0 saturated carbocycles. The van der Waals surface area contributed by atoms with E-state index in [1.807, 2.05) is 0 Å². The van der Waals surface area contributed by atoms with Crippen LogP contribution in [0.3, 0.4) is 0 Å². The maximum absolute atomic E-state index is 11.2. The van der Waals surface area contributed by atoms with Crippen LogP contribution in [0.5, 0.6) is 0 Å². The highest BCUT2D eigenvalue weighted by Gasteiger charge is 2.08. The number of anilines is 1. The van der Waals surface area contributed by atoms with Crippen LogP contribution in [0, 0.1) is 0 Å². The zero-order chi connectivity index (χ0) is 14.4. The summed E-state index contributed by atoms with van der Waals surface area (Å²) in [5, 5.41) is 13.5. The molecule has 7 nitrogen and oxygen atoms in total. The van der Waals surface area contributed by atoms with Crippen molar-refractivity contribution in [2.45, 2.75) is 0 Å². The normalized spacial score (nSPS) is 9.74. The van der Waals surface area contributed by atoms with Crippen LogP contribution in [0.2, 0.25) is 5.02 Å². The summed E-state index contributed by atoms with van der Waals surface area (Å²) < 4.78 is 0. The van der Waals surface area contributed by atoms with E-state index in [0.29, 0.717) is 5.69 Å². The number of nitrogens with two attached hydrogens (primary N) is 1. The van der Waals surface area contributed by atoms with E-state index < -0.39 is 24.3 Å². The van der Waals surface area contributed by atoms with Crippen molar-refractivity contribution in [1.29, 1.82) is 0 Å². The van der Waals surface area contributed by atoms with E-state index in [4.69, 9.17) is 22.4 Å². The molecule has 2 amide bonds. The SMILES string of the molecule is NC(=O)c1ccc(NCC(=O)NCC(=O)O)cc1Cl. The summed E-state index contributed by atoms with van der Waals surface area (Å²) in [7, 11) is 0. The topological polar surface area (TPSA) is 122 Å². The number of benzene rings is 1. The number of carbonyl (C=O) groups excluding carboxylic acids is 2. The fourth-order valence-electron chi connectivity index (χ4n) is 1.24. The molecule has 0 fully saturated rings. The Morgan fingerprint density at radius 1 is 1.26 bits per heavy atom. The minimum atomic E-state index is -1.12.